The molecule has 0 aliphatic heterocycles. The van der Waals surface area contributed by atoms with Gasteiger partial charge in [-0.3, -0.25) is 9.59 Å². The first-order valence-corrected chi connectivity index (χ1v) is 9.22. The van der Waals surface area contributed by atoms with E-state index in [0.29, 0.717) is 12.1 Å². The molecule has 2 N–H and O–H groups in total. The standard InChI is InChI=1S/C19H15Cl3N2O3/c20-13-7-15(22)17(8-14(13)21)24-18(25)10-27-19(26)6-5-11-9-23-16-4-2-1-3-12(11)16/h1-4,7-9,23H,5-6,10H2,(H,24,25). The first-order valence-electron chi connectivity index (χ1n) is 8.09. The topological polar surface area (TPSA) is 71.2 Å². The van der Waals surface area contributed by atoms with Crippen molar-refractivity contribution in [3.05, 3.63) is 63.2 Å². The summed E-state index contributed by atoms with van der Waals surface area (Å²) in [6.07, 6.45) is 2.56. The number of H-pyrrole nitrogens is 1. The highest BCUT2D eigenvalue weighted by Crippen LogP contribution is 2.32. The molecule has 0 saturated carbocycles. The fraction of sp³-hybridized carbons (Fsp3) is 0.158. The van der Waals surface area contributed by atoms with Crippen LogP contribution in [0.5, 0.6) is 0 Å². The summed E-state index contributed by atoms with van der Waals surface area (Å²) in [4.78, 5) is 27.0. The summed E-state index contributed by atoms with van der Waals surface area (Å²) < 4.78 is 5.02. The molecular formula is C19H15Cl3N2O3. The average Bonchev–Trinajstić information content (AvgIpc) is 3.06. The predicted octanol–water partition coefficient (Wildman–Crippen LogP) is 5.24. The third-order valence-electron chi connectivity index (χ3n) is 3.92. The minimum absolute atomic E-state index is 0.169. The number of aryl methyl sites for hydroxylation is 1. The number of aromatic nitrogens is 1. The second kappa shape index (κ2) is 8.65. The minimum atomic E-state index is -0.518. The first kappa shape index (κ1) is 19.5. The molecule has 140 valence electrons. The van der Waals surface area contributed by atoms with E-state index in [1.165, 1.54) is 12.1 Å². The minimum Gasteiger partial charge on any atom is -0.456 e. The maximum atomic E-state index is 11.9. The Morgan fingerprint density at radius 3 is 2.59 bits per heavy atom. The van der Waals surface area contributed by atoms with Gasteiger partial charge in [0.2, 0.25) is 0 Å². The molecule has 1 aromatic heterocycles. The van der Waals surface area contributed by atoms with Gasteiger partial charge in [-0.05, 0) is 30.2 Å². The van der Waals surface area contributed by atoms with Crippen molar-refractivity contribution in [1.29, 1.82) is 0 Å². The van der Waals surface area contributed by atoms with E-state index >= 15 is 0 Å². The normalized spacial score (nSPS) is 10.8. The summed E-state index contributed by atoms with van der Waals surface area (Å²) in [5.74, 6) is -0.980. The van der Waals surface area contributed by atoms with E-state index in [-0.39, 0.29) is 21.5 Å². The summed E-state index contributed by atoms with van der Waals surface area (Å²) in [6.45, 7) is -0.413. The van der Waals surface area contributed by atoms with Crippen LogP contribution in [0.1, 0.15) is 12.0 Å². The number of fused-ring (bicyclic) bond motifs is 1. The zero-order chi connectivity index (χ0) is 19.4. The van der Waals surface area contributed by atoms with Gasteiger partial charge in [0.25, 0.3) is 5.91 Å². The van der Waals surface area contributed by atoms with E-state index in [0.717, 1.165) is 16.5 Å². The summed E-state index contributed by atoms with van der Waals surface area (Å²) in [5, 5.41) is 4.37. The SMILES string of the molecule is O=C(COC(=O)CCc1c[nH]c2ccccc12)Nc1cc(Cl)c(Cl)cc1Cl. The van der Waals surface area contributed by atoms with Crippen LogP contribution in [0.4, 0.5) is 5.69 Å². The molecule has 0 radical (unpaired) electrons. The lowest BCUT2D eigenvalue weighted by Crippen LogP contribution is -2.21. The van der Waals surface area contributed by atoms with E-state index < -0.39 is 18.5 Å². The monoisotopic (exact) mass is 424 g/mol. The number of rotatable bonds is 6. The van der Waals surface area contributed by atoms with Crippen molar-refractivity contribution in [1.82, 2.24) is 4.98 Å². The number of ether oxygens (including phenoxy) is 1. The first-order chi connectivity index (χ1) is 12.9. The maximum Gasteiger partial charge on any atom is 0.306 e. The molecule has 27 heavy (non-hydrogen) atoms. The highest BCUT2D eigenvalue weighted by molar-refractivity contribution is 6.44. The van der Waals surface area contributed by atoms with Crippen LogP contribution < -0.4 is 5.32 Å². The van der Waals surface area contributed by atoms with Crippen LogP contribution in [0.25, 0.3) is 10.9 Å². The van der Waals surface area contributed by atoms with Gasteiger partial charge in [0, 0.05) is 23.5 Å². The molecule has 5 nitrogen and oxygen atoms in total. The summed E-state index contributed by atoms with van der Waals surface area (Å²) in [6, 6.07) is 10.7. The molecular weight excluding hydrogens is 411 g/mol. The van der Waals surface area contributed by atoms with Crippen molar-refractivity contribution < 1.29 is 14.3 Å². The van der Waals surface area contributed by atoms with Gasteiger partial charge in [-0.25, -0.2) is 0 Å². The number of amides is 1. The van der Waals surface area contributed by atoms with Crippen molar-refractivity contribution in [3.8, 4) is 0 Å². The Morgan fingerprint density at radius 2 is 1.78 bits per heavy atom. The molecule has 0 spiro atoms. The van der Waals surface area contributed by atoms with Gasteiger partial charge in [0.1, 0.15) is 0 Å². The quantitative estimate of drug-likeness (QED) is 0.419. The van der Waals surface area contributed by atoms with Crippen LogP contribution in [0.3, 0.4) is 0 Å². The lowest BCUT2D eigenvalue weighted by atomic mass is 10.1. The van der Waals surface area contributed by atoms with Crippen molar-refractivity contribution >= 4 is 63.3 Å². The van der Waals surface area contributed by atoms with Gasteiger partial charge in [0.05, 0.1) is 20.8 Å². The highest BCUT2D eigenvalue weighted by Gasteiger charge is 2.12. The number of para-hydroxylation sites is 1. The van der Waals surface area contributed by atoms with Crippen LogP contribution in [-0.2, 0) is 20.7 Å². The maximum absolute atomic E-state index is 11.9. The number of benzene rings is 2. The Hall–Kier alpha value is -2.21. The zero-order valence-corrected chi connectivity index (χ0v) is 16.3. The van der Waals surface area contributed by atoms with Crippen molar-refractivity contribution in [2.75, 3.05) is 11.9 Å². The molecule has 0 atom stereocenters. The Bertz CT molecular complexity index is 1000. The molecule has 2 aromatic carbocycles. The molecule has 1 amide bonds. The number of carbonyl (C=O) groups is 2. The van der Waals surface area contributed by atoms with Gasteiger partial charge < -0.3 is 15.0 Å². The van der Waals surface area contributed by atoms with Crippen LogP contribution in [-0.4, -0.2) is 23.5 Å². The number of anilines is 1. The Balaban J connectivity index is 1.49. The molecule has 1 heterocycles. The number of esters is 1. The number of halogens is 3. The average molecular weight is 426 g/mol. The van der Waals surface area contributed by atoms with Crippen LogP contribution in [0.2, 0.25) is 15.1 Å². The van der Waals surface area contributed by atoms with Gasteiger partial charge >= 0.3 is 5.97 Å². The smallest absolute Gasteiger partial charge is 0.306 e. The fourth-order valence-corrected chi connectivity index (χ4v) is 3.19. The lowest BCUT2D eigenvalue weighted by Gasteiger charge is -2.09. The summed E-state index contributed by atoms with van der Waals surface area (Å²) in [5.41, 5.74) is 2.33. The second-order valence-corrected chi connectivity index (χ2v) is 7.04. The lowest BCUT2D eigenvalue weighted by molar-refractivity contribution is -0.147. The fourth-order valence-electron chi connectivity index (χ4n) is 2.60. The number of aromatic amines is 1. The molecule has 0 bridgehead atoms. The third kappa shape index (κ3) is 4.95. The van der Waals surface area contributed by atoms with Crippen molar-refractivity contribution in [3.63, 3.8) is 0 Å². The molecule has 0 aliphatic carbocycles. The van der Waals surface area contributed by atoms with Crippen LogP contribution >= 0.6 is 34.8 Å². The molecule has 0 unspecified atom stereocenters. The number of hydrogen-bond acceptors (Lipinski definition) is 3. The highest BCUT2D eigenvalue weighted by atomic mass is 35.5. The third-order valence-corrected chi connectivity index (χ3v) is 4.96. The van der Waals surface area contributed by atoms with E-state index in [1.807, 2.05) is 30.5 Å². The van der Waals surface area contributed by atoms with E-state index in [9.17, 15) is 9.59 Å². The number of carbonyl (C=O) groups excluding carboxylic acids is 2. The van der Waals surface area contributed by atoms with Crippen LogP contribution in [0.15, 0.2) is 42.6 Å². The Kier molecular flexibility index (Phi) is 6.26. The Morgan fingerprint density at radius 1 is 1.04 bits per heavy atom. The van der Waals surface area contributed by atoms with E-state index in [2.05, 4.69) is 10.3 Å². The van der Waals surface area contributed by atoms with E-state index in [4.69, 9.17) is 39.5 Å². The molecule has 0 aliphatic rings. The van der Waals surface area contributed by atoms with E-state index in [1.54, 1.807) is 0 Å². The molecule has 3 rings (SSSR count). The molecule has 0 saturated heterocycles. The van der Waals surface area contributed by atoms with Gasteiger partial charge in [-0.15, -0.1) is 0 Å². The number of nitrogens with one attached hydrogen (secondary N) is 2. The zero-order valence-electron chi connectivity index (χ0n) is 14.0. The van der Waals surface area contributed by atoms with Gasteiger partial charge in [0.15, 0.2) is 6.61 Å². The predicted molar refractivity (Wildman–Crippen MR) is 108 cm³/mol. The van der Waals surface area contributed by atoms with Gasteiger partial charge in [-0.2, -0.15) is 0 Å². The second-order valence-electron chi connectivity index (χ2n) is 5.81. The summed E-state index contributed by atoms with van der Waals surface area (Å²) >= 11 is 17.7. The molecule has 3 aromatic rings. The Labute approximate surface area is 170 Å². The largest absolute Gasteiger partial charge is 0.456 e. The summed E-state index contributed by atoms with van der Waals surface area (Å²) in [7, 11) is 0. The molecule has 0 fully saturated rings. The van der Waals surface area contributed by atoms with Crippen LogP contribution in [0, 0.1) is 0 Å². The van der Waals surface area contributed by atoms with Crippen molar-refractivity contribution in [2.45, 2.75) is 12.8 Å². The number of hydrogen-bond donors (Lipinski definition) is 2. The van der Waals surface area contributed by atoms with Crippen molar-refractivity contribution in [2.24, 2.45) is 0 Å². The van der Waals surface area contributed by atoms with Gasteiger partial charge in [-0.1, -0.05) is 53.0 Å². The molecule has 8 heteroatoms.